The minimum absolute atomic E-state index is 0.168. The zero-order valence-electron chi connectivity index (χ0n) is 16.5. The summed E-state index contributed by atoms with van der Waals surface area (Å²) in [5, 5.41) is 10.4. The molecule has 1 spiro atoms. The summed E-state index contributed by atoms with van der Waals surface area (Å²) < 4.78 is 7.49. The number of carbonyl (C=O) groups excluding carboxylic acids is 1. The summed E-state index contributed by atoms with van der Waals surface area (Å²) in [7, 11) is 0. The Balaban J connectivity index is 1.58. The smallest absolute Gasteiger partial charge is 0.306 e. The molecule has 3 aliphatic heterocycles. The minimum Gasteiger partial charge on any atom is -0.453 e. The Morgan fingerprint density at radius 1 is 1.16 bits per heavy atom. The van der Waals surface area contributed by atoms with E-state index in [-0.39, 0.29) is 11.9 Å². The van der Waals surface area contributed by atoms with Crippen molar-refractivity contribution in [2.24, 2.45) is 5.10 Å². The van der Waals surface area contributed by atoms with Gasteiger partial charge in [0, 0.05) is 21.5 Å². The van der Waals surface area contributed by atoms with E-state index in [0.29, 0.717) is 17.2 Å². The molecule has 3 aromatic carbocycles. The number of fused-ring (bicyclic) bond motifs is 6. The number of rotatable bonds is 1. The number of carbonyl (C=O) groups is 1. The third kappa shape index (κ3) is 2.68. The molecule has 7 heteroatoms. The molecule has 0 aromatic heterocycles. The second kappa shape index (κ2) is 6.58. The molecule has 3 heterocycles. The Morgan fingerprint density at radius 3 is 2.77 bits per heavy atom. The van der Waals surface area contributed by atoms with Crippen LogP contribution in [-0.4, -0.2) is 16.6 Å². The molecule has 2 atom stereocenters. The molecule has 0 aliphatic carbocycles. The Bertz CT molecular complexity index is 1290. The van der Waals surface area contributed by atoms with E-state index in [0.717, 1.165) is 38.1 Å². The monoisotopic (exact) mass is 493 g/mol. The Morgan fingerprint density at radius 2 is 1.97 bits per heavy atom. The highest BCUT2D eigenvalue weighted by Gasteiger charge is 2.60. The lowest BCUT2D eigenvalue weighted by molar-refractivity contribution is -0.161. The normalized spacial score (nSPS) is 23.1. The molecule has 3 aromatic rings. The average Bonchev–Trinajstić information content (AvgIpc) is 3.31. The van der Waals surface area contributed by atoms with Gasteiger partial charge in [0.1, 0.15) is 5.75 Å². The molecule has 0 saturated heterocycles. The van der Waals surface area contributed by atoms with Crippen molar-refractivity contribution in [2.45, 2.75) is 25.1 Å². The SMILES string of the molecule is Cc1ccc2c(c1)C1(Oc3ccc(Cl)cc3C3CC(c4ccc(Br)cc4)=NN31)C(=O)N2. The van der Waals surface area contributed by atoms with Gasteiger partial charge in [0.05, 0.1) is 23.0 Å². The fourth-order valence-corrected chi connectivity index (χ4v) is 5.09. The number of amides is 1. The van der Waals surface area contributed by atoms with Crippen molar-refractivity contribution in [1.29, 1.82) is 0 Å². The van der Waals surface area contributed by atoms with Gasteiger partial charge < -0.3 is 10.1 Å². The van der Waals surface area contributed by atoms with Gasteiger partial charge in [-0.05, 0) is 55.0 Å². The summed E-state index contributed by atoms with van der Waals surface area (Å²) in [6.45, 7) is 2.01. The van der Waals surface area contributed by atoms with Crippen molar-refractivity contribution < 1.29 is 9.53 Å². The van der Waals surface area contributed by atoms with Crippen molar-refractivity contribution in [3.8, 4) is 5.75 Å². The maximum Gasteiger partial charge on any atom is 0.306 e. The molecule has 3 aliphatic rings. The summed E-state index contributed by atoms with van der Waals surface area (Å²) in [5.41, 5.74) is 4.07. The Labute approximate surface area is 192 Å². The lowest BCUT2D eigenvalue weighted by Crippen LogP contribution is -2.55. The molecule has 154 valence electrons. The van der Waals surface area contributed by atoms with Crippen LogP contribution in [0.15, 0.2) is 70.2 Å². The van der Waals surface area contributed by atoms with Crippen LogP contribution in [0.5, 0.6) is 5.75 Å². The molecule has 1 amide bonds. The van der Waals surface area contributed by atoms with Gasteiger partial charge in [-0.1, -0.05) is 51.3 Å². The summed E-state index contributed by atoms with van der Waals surface area (Å²) in [6.07, 6.45) is 0.647. The zero-order valence-corrected chi connectivity index (χ0v) is 18.9. The Kier molecular flexibility index (Phi) is 4.01. The van der Waals surface area contributed by atoms with Gasteiger partial charge in [-0.25, -0.2) is 5.01 Å². The van der Waals surface area contributed by atoms with Crippen LogP contribution < -0.4 is 10.1 Å². The second-order valence-electron chi connectivity index (χ2n) is 8.05. The van der Waals surface area contributed by atoms with Gasteiger partial charge in [-0.2, -0.15) is 5.10 Å². The molecule has 31 heavy (non-hydrogen) atoms. The highest BCUT2D eigenvalue weighted by atomic mass is 79.9. The van der Waals surface area contributed by atoms with E-state index >= 15 is 0 Å². The van der Waals surface area contributed by atoms with Gasteiger partial charge in [0.15, 0.2) is 0 Å². The summed E-state index contributed by atoms with van der Waals surface area (Å²) in [6, 6.07) is 19.3. The van der Waals surface area contributed by atoms with Crippen LogP contribution in [0, 0.1) is 6.92 Å². The maximum atomic E-state index is 13.4. The number of benzene rings is 3. The van der Waals surface area contributed by atoms with Gasteiger partial charge in [0.25, 0.3) is 5.91 Å². The number of halogens is 2. The van der Waals surface area contributed by atoms with E-state index < -0.39 is 5.72 Å². The fourth-order valence-electron chi connectivity index (χ4n) is 4.64. The van der Waals surface area contributed by atoms with Crippen LogP contribution in [0.3, 0.4) is 0 Å². The third-order valence-corrected chi connectivity index (χ3v) is 6.86. The number of nitrogens with zero attached hydrogens (tertiary/aromatic N) is 2. The average molecular weight is 495 g/mol. The molecule has 1 N–H and O–H groups in total. The number of nitrogens with one attached hydrogen (secondary N) is 1. The van der Waals surface area contributed by atoms with E-state index in [2.05, 4.69) is 21.2 Å². The molecule has 0 saturated carbocycles. The van der Waals surface area contributed by atoms with E-state index in [1.165, 1.54) is 0 Å². The molecule has 6 rings (SSSR count). The van der Waals surface area contributed by atoms with Crippen molar-refractivity contribution >= 4 is 44.8 Å². The van der Waals surface area contributed by atoms with Crippen LogP contribution >= 0.6 is 27.5 Å². The van der Waals surface area contributed by atoms with Crippen LogP contribution in [-0.2, 0) is 10.5 Å². The highest BCUT2D eigenvalue weighted by molar-refractivity contribution is 9.10. The molecular weight excluding hydrogens is 478 g/mol. The molecule has 0 bridgehead atoms. The van der Waals surface area contributed by atoms with Crippen molar-refractivity contribution in [3.05, 3.63) is 92.4 Å². The summed E-state index contributed by atoms with van der Waals surface area (Å²) in [5.74, 6) is 0.418. The third-order valence-electron chi connectivity index (χ3n) is 6.10. The minimum atomic E-state index is -1.36. The number of hydrogen-bond donors (Lipinski definition) is 1. The van der Waals surface area contributed by atoms with Gasteiger partial charge in [-0.3, -0.25) is 4.79 Å². The number of aryl methyl sites for hydroxylation is 1. The molecule has 2 unspecified atom stereocenters. The first-order valence-corrected chi connectivity index (χ1v) is 11.2. The predicted molar refractivity (Wildman–Crippen MR) is 123 cm³/mol. The summed E-state index contributed by atoms with van der Waals surface area (Å²) in [4.78, 5) is 13.4. The van der Waals surface area contributed by atoms with E-state index in [9.17, 15) is 4.79 Å². The molecule has 0 radical (unpaired) electrons. The number of ether oxygens (including phenoxy) is 1. The van der Waals surface area contributed by atoms with E-state index in [4.69, 9.17) is 21.4 Å². The van der Waals surface area contributed by atoms with E-state index in [1.807, 2.05) is 66.5 Å². The van der Waals surface area contributed by atoms with Gasteiger partial charge >= 0.3 is 5.72 Å². The largest absolute Gasteiger partial charge is 0.453 e. The number of hydrogen-bond acceptors (Lipinski definition) is 4. The van der Waals surface area contributed by atoms with Crippen molar-refractivity contribution in [2.75, 3.05) is 5.32 Å². The standard InChI is InChI=1S/C24H17BrClN3O2/c1-13-2-8-19-18(10-13)24(23(30)27-19)29-21(17-11-16(26)7-9-22(17)31-24)12-20(28-29)14-3-5-15(25)6-4-14/h2-11,21H,12H2,1H3,(H,27,30). The quantitative estimate of drug-likeness (QED) is 0.468. The highest BCUT2D eigenvalue weighted by Crippen LogP contribution is 2.54. The first-order valence-electron chi connectivity index (χ1n) is 9.99. The molecule has 5 nitrogen and oxygen atoms in total. The topological polar surface area (TPSA) is 53.9 Å². The Hall–Kier alpha value is -2.83. The molecule has 0 fully saturated rings. The van der Waals surface area contributed by atoms with Crippen LogP contribution in [0.2, 0.25) is 5.02 Å². The van der Waals surface area contributed by atoms with E-state index in [1.54, 1.807) is 6.07 Å². The molecular formula is C24H17BrClN3O2. The van der Waals surface area contributed by atoms with Crippen LogP contribution in [0.4, 0.5) is 5.69 Å². The first kappa shape index (κ1) is 18.9. The summed E-state index contributed by atoms with van der Waals surface area (Å²) >= 11 is 9.81. The lowest BCUT2D eigenvalue weighted by Gasteiger charge is -2.44. The first-order chi connectivity index (χ1) is 15.0. The zero-order chi connectivity index (χ0) is 21.3. The second-order valence-corrected chi connectivity index (χ2v) is 9.40. The van der Waals surface area contributed by atoms with Crippen molar-refractivity contribution in [3.63, 3.8) is 0 Å². The number of hydrazone groups is 1. The predicted octanol–water partition coefficient (Wildman–Crippen LogP) is 5.76. The van der Waals surface area contributed by atoms with Gasteiger partial charge in [0.2, 0.25) is 0 Å². The van der Waals surface area contributed by atoms with Crippen LogP contribution in [0.25, 0.3) is 0 Å². The van der Waals surface area contributed by atoms with Gasteiger partial charge in [-0.15, -0.1) is 0 Å². The van der Waals surface area contributed by atoms with Crippen molar-refractivity contribution in [1.82, 2.24) is 5.01 Å². The fraction of sp³-hybridized carbons (Fsp3) is 0.167. The lowest BCUT2D eigenvalue weighted by atomic mass is 9.92. The van der Waals surface area contributed by atoms with Crippen LogP contribution in [0.1, 0.15) is 34.7 Å². The maximum absolute atomic E-state index is 13.4. The number of anilines is 1.